The minimum absolute atomic E-state index is 0.0194. The maximum atomic E-state index is 4.91. The van der Waals surface area contributed by atoms with E-state index in [1.165, 1.54) is 31.5 Å². The Balaban J connectivity index is 2.39. The number of hydrogen-bond acceptors (Lipinski definition) is 3. The van der Waals surface area contributed by atoms with E-state index < -0.39 is 0 Å². The van der Waals surface area contributed by atoms with Crippen molar-refractivity contribution in [3.8, 4) is 0 Å². The van der Waals surface area contributed by atoms with Crippen LogP contribution in [0.15, 0.2) is 0 Å². The van der Waals surface area contributed by atoms with Gasteiger partial charge in [0.15, 0.2) is 5.82 Å². The van der Waals surface area contributed by atoms with E-state index >= 15 is 0 Å². The van der Waals surface area contributed by atoms with E-state index in [0.717, 1.165) is 18.9 Å². The fourth-order valence-electron chi connectivity index (χ4n) is 3.13. The molecule has 4 nitrogen and oxygen atoms in total. The Bertz CT molecular complexity index is 416. The predicted octanol–water partition coefficient (Wildman–Crippen LogP) is 2.53. The van der Waals surface area contributed by atoms with E-state index in [-0.39, 0.29) is 10.8 Å². The second-order valence-electron chi connectivity index (χ2n) is 6.94. The SMILES string of the molecule is CCCC1(c2nc(C(C)(C)C)nn2C)CCCNC1. The van der Waals surface area contributed by atoms with Crippen molar-refractivity contribution in [1.82, 2.24) is 20.1 Å². The second kappa shape index (κ2) is 5.23. The average molecular weight is 264 g/mol. The highest BCUT2D eigenvalue weighted by atomic mass is 15.3. The van der Waals surface area contributed by atoms with Gasteiger partial charge in [-0.1, -0.05) is 34.1 Å². The van der Waals surface area contributed by atoms with E-state index in [9.17, 15) is 0 Å². The highest BCUT2D eigenvalue weighted by Gasteiger charge is 2.38. The molecular weight excluding hydrogens is 236 g/mol. The number of nitrogens with zero attached hydrogens (tertiary/aromatic N) is 3. The number of aromatic nitrogens is 3. The first-order chi connectivity index (χ1) is 8.89. The Kier molecular flexibility index (Phi) is 4.00. The molecule has 1 saturated heterocycles. The molecule has 0 aromatic carbocycles. The van der Waals surface area contributed by atoms with Gasteiger partial charge in [-0.25, -0.2) is 4.98 Å². The summed E-state index contributed by atoms with van der Waals surface area (Å²) < 4.78 is 2.02. The van der Waals surface area contributed by atoms with Gasteiger partial charge in [-0.05, 0) is 25.8 Å². The van der Waals surface area contributed by atoms with E-state index in [1.54, 1.807) is 0 Å². The topological polar surface area (TPSA) is 42.7 Å². The fraction of sp³-hybridized carbons (Fsp3) is 0.867. The molecule has 19 heavy (non-hydrogen) atoms. The van der Waals surface area contributed by atoms with E-state index in [4.69, 9.17) is 4.98 Å². The first-order valence-corrected chi connectivity index (χ1v) is 7.52. The smallest absolute Gasteiger partial charge is 0.156 e. The van der Waals surface area contributed by atoms with Crippen LogP contribution in [0.2, 0.25) is 0 Å². The van der Waals surface area contributed by atoms with Gasteiger partial charge in [-0.15, -0.1) is 0 Å². The molecule has 1 aliphatic rings. The molecule has 108 valence electrons. The lowest BCUT2D eigenvalue weighted by molar-refractivity contribution is 0.267. The fourth-order valence-corrected chi connectivity index (χ4v) is 3.13. The molecule has 0 aliphatic carbocycles. The lowest BCUT2D eigenvalue weighted by Crippen LogP contribution is -2.45. The molecule has 4 heteroatoms. The number of nitrogens with one attached hydrogen (secondary N) is 1. The van der Waals surface area contributed by atoms with Crippen molar-refractivity contribution in [2.24, 2.45) is 7.05 Å². The van der Waals surface area contributed by atoms with E-state index in [0.29, 0.717) is 0 Å². The standard InChI is InChI=1S/C15H28N4/c1-6-8-15(9-7-10-16-11-15)13-17-12(14(2,3)4)18-19(13)5/h16H,6-11H2,1-5H3. The molecule has 1 atom stereocenters. The summed E-state index contributed by atoms with van der Waals surface area (Å²) in [4.78, 5) is 4.91. The Hall–Kier alpha value is -0.900. The molecule has 1 N–H and O–H groups in total. The minimum atomic E-state index is 0.0194. The molecule has 1 aromatic heterocycles. The van der Waals surface area contributed by atoms with Gasteiger partial charge >= 0.3 is 0 Å². The first kappa shape index (κ1) is 14.5. The van der Waals surface area contributed by atoms with Crippen LogP contribution in [0, 0.1) is 0 Å². The van der Waals surface area contributed by atoms with Gasteiger partial charge < -0.3 is 5.32 Å². The molecule has 1 unspecified atom stereocenters. The first-order valence-electron chi connectivity index (χ1n) is 7.52. The van der Waals surface area contributed by atoms with Crippen LogP contribution in [0.1, 0.15) is 65.0 Å². The third kappa shape index (κ3) is 2.83. The van der Waals surface area contributed by atoms with E-state index in [2.05, 4.69) is 38.1 Å². The van der Waals surface area contributed by atoms with Crippen LogP contribution in [0.5, 0.6) is 0 Å². The van der Waals surface area contributed by atoms with Gasteiger partial charge in [0.25, 0.3) is 0 Å². The summed E-state index contributed by atoms with van der Waals surface area (Å²) in [5.74, 6) is 2.14. The number of piperidine rings is 1. The molecule has 1 aliphatic heterocycles. The number of aryl methyl sites for hydroxylation is 1. The summed E-state index contributed by atoms with van der Waals surface area (Å²) in [7, 11) is 2.05. The predicted molar refractivity (Wildman–Crippen MR) is 78.4 cm³/mol. The molecule has 1 fully saturated rings. The van der Waals surface area contributed by atoms with Crippen LogP contribution in [-0.2, 0) is 17.9 Å². The molecule has 0 bridgehead atoms. The maximum absolute atomic E-state index is 4.91. The number of hydrogen-bond donors (Lipinski definition) is 1. The molecule has 0 saturated carbocycles. The zero-order chi connectivity index (χ0) is 14.1. The largest absolute Gasteiger partial charge is 0.316 e. The summed E-state index contributed by atoms with van der Waals surface area (Å²) in [6, 6.07) is 0. The van der Waals surface area contributed by atoms with Gasteiger partial charge in [0, 0.05) is 24.4 Å². The Morgan fingerprint density at radius 2 is 2.11 bits per heavy atom. The van der Waals surface area contributed by atoms with Gasteiger partial charge in [0.05, 0.1) is 0 Å². The zero-order valence-electron chi connectivity index (χ0n) is 13.1. The van der Waals surface area contributed by atoms with Gasteiger partial charge in [-0.2, -0.15) is 5.10 Å². The van der Waals surface area contributed by atoms with Crippen molar-refractivity contribution in [3.05, 3.63) is 11.6 Å². The van der Waals surface area contributed by atoms with Crippen molar-refractivity contribution in [2.75, 3.05) is 13.1 Å². The van der Waals surface area contributed by atoms with Crippen molar-refractivity contribution < 1.29 is 0 Å². The quantitative estimate of drug-likeness (QED) is 0.912. The van der Waals surface area contributed by atoms with Crippen molar-refractivity contribution in [2.45, 2.75) is 64.2 Å². The lowest BCUT2D eigenvalue weighted by Gasteiger charge is -2.36. The van der Waals surface area contributed by atoms with Gasteiger partial charge in [0.1, 0.15) is 5.82 Å². The molecular formula is C15H28N4. The molecule has 0 amide bonds. The Labute approximate surface area is 117 Å². The summed E-state index contributed by atoms with van der Waals surface area (Å²) in [6.07, 6.45) is 4.84. The van der Waals surface area contributed by atoms with Gasteiger partial charge in [-0.3, -0.25) is 4.68 Å². The summed E-state index contributed by atoms with van der Waals surface area (Å²) in [5.41, 5.74) is 0.198. The number of rotatable bonds is 3. The van der Waals surface area contributed by atoms with Crippen LogP contribution in [0.3, 0.4) is 0 Å². The van der Waals surface area contributed by atoms with Crippen LogP contribution >= 0.6 is 0 Å². The Morgan fingerprint density at radius 1 is 1.37 bits per heavy atom. The Morgan fingerprint density at radius 3 is 2.58 bits per heavy atom. The normalized spacial score (nSPS) is 24.7. The van der Waals surface area contributed by atoms with Crippen LogP contribution in [-0.4, -0.2) is 27.9 Å². The highest BCUT2D eigenvalue weighted by Crippen LogP contribution is 2.35. The molecule has 2 rings (SSSR count). The van der Waals surface area contributed by atoms with Crippen LogP contribution in [0.25, 0.3) is 0 Å². The van der Waals surface area contributed by atoms with Crippen LogP contribution in [0.4, 0.5) is 0 Å². The maximum Gasteiger partial charge on any atom is 0.156 e. The highest BCUT2D eigenvalue weighted by molar-refractivity contribution is 5.15. The average Bonchev–Trinajstić information content (AvgIpc) is 2.73. The van der Waals surface area contributed by atoms with Crippen molar-refractivity contribution >= 4 is 0 Å². The zero-order valence-corrected chi connectivity index (χ0v) is 13.1. The molecule has 0 spiro atoms. The lowest BCUT2D eigenvalue weighted by atomic mass is 9.76. The molecule has 0 radical (unpaired) electrons. The van der Waals surface area contributed by atoms with E-state index in [1.807, 2.05) is 11.7 Å². The molecule has 1 aromatic rings. The van der Waals surface area contributed by atoms with Crippen LogP contribution < -0.4 is 5.32 Å². The third-order valence-corrected chi connectivity index (χ3v) is 4.11. The summed E-state index contributed by atoms with van der Waals surface area (Å²) in [6.45, 7) is 11.0. The monoisotopic (exact) mass is 264 g/mol. The molecule has 2 heterocycles. The van der Waals surface area contributed by atoms with Crippen molar-refractivity contribution in [3.63, 3.8) is 0 Å². The third-order valence-electron chi connectivity index (χ3n) is 4.11. The summed E-state index contributed by atoms with van der Waals surface area (Å²) in [5, 5.41) is 8.22. The minimum Gasteiger partial charge on any atom is -0.316 e. The van der Waals surface area contributed by atoms with Crippen molar-refractivity contribution in [1.29, 1.82) is 0 Å². The van der Waals surface area contributed by atoms with Gasteiger partial charge in [0.2, 0.25) is 0 Å². The second-order valence-corrected chi connectivity index (χ2v) is 6.94. The summed E-state index contributed by atoms with van der Waals surface area (Å²) >= 11 is 0.